The van der Waals surface area contributed by atoms with E-state index in [2.05, 4.69) is 29.3 Å². The fraction of sp³-hybridized carbons (Fsp3) is 0.438. The van der Waals surface area contributed by atoms with Gasteiger partial charge in [0.15, 0.2) is 0 Å². The largest absolute Gasteiger partial charge is 0.338 e. The molecule has 116 valence electrons. The van der Waals surface area contributed by atoms with Gasteiger partial charge in [-0.25, -0.2) is 4.68 Å². The molecule has 0 unspecified atom stereocenters. The molecule has 0 spiro atoms. The number of nitrogens with zero attached hydrogens (tertiary/aromatic N) is 5. The molecule has 1 saturated heterocycles. The van der Waals surface area contributed by atoms with E-state index in [0.29, 0.717) is 5.92 Å². The van der Waals surface area contributed by atoms with Crippen molar-refractivity contribution >= 4 is 5.91 Å². The Labute approximate surface area is 130 Å². The Bertz CT molecular complexity index is 620. The van der Waals surface area contributed by atoms with Crippen molar-refractivity contribution in [1.29, 1.82) is 0 Å². The summed E-state index contributed by atoms with van der Waals surface area (Å²) in [6.45, 7) is 2.74. The highest BCUT2D eigenvalue weighted by molar-refractivity contribution is 5.94. The van der Waals surface area contributed by atoms with Crippen molar-refractivity contribution in [3.05, 3.63) is 42.2 Å². The van der Waals surface area contributed by atoms with E-state index >= 15 is 0 Å². The first-order chi connectivity index (χ1) is 10.6. The highest BCUT2D eigenvalue weighted by Crippen LogP contribution is 2.19. The van der Waals surface area contributed by atoms with Gasteiger partial charge >= 0.3 is 0 Å². The van der Waals surface area contributed by atoms with Gasteiger partial charge in [-0.15, -0.1) is 5.10 Å². The molecular formula is C16H21N5O. The molecule has 0 radical (unpaired) electrons. The molecule has 2 heterocycles. The van der Waals surface area contributed by atoms with Crippen LogP contribution in [-0.4, -0.2) is 64.4 Å². The van der Waals surface area contributed by atoms with Gasteiger partial charge in [0.1, 0.15) is 0 Å². The highest BCUT2D eigenvalue weighted by Gasteiger charge is 2.27. The molecule has 0 saturated carbocycles. The van der Waals surface area contributed by atoms with Crippen molar-refractivity contribution in [3.63, 3.8) is 0 Å². The summed E-state index contributed by atoms with van der Waals surface area (Å²) < 4.78 is 1.68. The van der Waals surface area contributed by atoms with Gasteiger partial charge in [0.05, 0.1) is 18.1 Å². The summed E-state index contributed by atoms with van der Waals surface area (Å²) in [5, 5.41) is 7.73. The van der Waals surface area contributed by atoms with Crippen molar-refractivity contribution < 1.29 is 4.79 Å². The minimum atomic E-state index is 0.117. The molecule has 22 heavy (non-hydrogen) atoms. The molecular weight excluding hydrogens is 278 g/mol. The van der Waals surface area contributed by atoms with E-state index in [-0.39, 0.29) is 5.91 Å². The maximum Gasteiger partial charge on any atom is 0.253 e. The standard InChI is InChI=1S/C16H21N5O/c1-19(2)11-13-7-9-20(12-13)16(22)14-3-5-15(6-4-14)21-10-8-17-18-21/h3-6,8,10,13H,7,9,11-12H2,1-2H3/t13-/m1/s1. The Morgan fingerprint density at radius 1 is 1.32 bits per heavy atom. The van der Waals surface area contributed by atoms with Crippen LogP contribution in [-0.2, 0) is 0 Å². The third kappa shape index (κ3) is 3.17. The minimum absolute atomic E-state index is 0.117. The van der Waals surface area contributed by atoms with Crippen LogP contribution in [0.2, 0.25) is 0 Å². The molecule has 1 amide bonds. The molecule has 6 nitrogen and oxygen atoms in total. The molecule has 6 heteroatoms. The zero-order valence-electron chi connectivity index (χ0n) is 13.0. The van der Waals surface area contributed by atoms with Crippen LogP contribution in [0, 0.1) is 5.92 Å². The lowest BCUT2D eigenvalue weighted by atomic mass is 10.1. The minimum Gasteiger partial charge on any atom is -0.338 e. The molecule has 3 rings (SSSR count). The van der Waals surface area contributed by atoms with Gasteiger partial charge in [0, 0.05) is 25.2 Å². The van der Waals surface area contributed by atoms with Gasteiger partial charge in [0.25, 0.3) is 5.91 Å². The lowest BCUT2D eigenvalue weighted by Crippen LogP contribution is -2.30. The molecule has 0 bridgehead atoms. The zero-order valence-corrected chi connectivity index (χ0v) is 13.0. The number of hydrogen-bond donors (Lipinski definition) is 0. The van der Waals surface area contributed by atoms with Gasteiger partial charge in [-0.3, -0.25) is 4.79 Å². The van der Waals surface area contributed by atoms with Gasteiger partial charge < -0.3 is 9.80 Å². The summed E-state index contributed by atoms with van der Waals surface area (Å²) >= 11 is 0. The fourth-order valence-electron chi connectivity index (χ4n) is 2.97. The molecule has 1 aliphatic rings. The number of benzene rings is 1. The Kier molecular flexibility index (Phi) is 4.20. The number of hydrogen-bond acceptors (Lipinski definition) is 4. The van der Waals surface area contributed by atoms with Crippen LogP contribution >= 0.6 is 0 Å². The van der Waals surface area contributed by atoms with Crippen molar-refractivity contribution in [1.82, 2.24) is 24.8 Å². The van der Waals surface area contributed by atoms with E-state index in [0.717, 1.165) is 37.3 Å². The van der Waals surface area contributed by atoms with E-state index in [1.54, 1.807) is 17.1 Å². The molecule has 1 aliphatic heterocycles. The van der Waals surface area contributed by atoms with Crippen LogP contribution in [0.5, 0.6) is 0 Å². The third-order valence-electron chi connectivity index (χ3n) is 4.00. The Morgan fingerprint density at radius 3 is 2.73 bits per heavy atom. The fourth-order valence-corrected chi connectivity index (χ4v) is 2.97. The van der Waals surface area contributed by atoms with Crippen molar-refractivity contribution in [2.45, 2.75) is 6.42 Å². The Hall–Kier alpha value is -2.21. The van der Waals surface area contributed by atoms with Crippen molar-refractivity contribution in [2.75, 3.05) is 33.7 Å². The van der Waals surface area contributed by atoms with Gasteiger partial charge in [0.2, 0.25) is 0 Å². The average Bonchev–Trinajstić information content (AvgIpc) is 3.17. The highest BCUT2D eigenvalue weighted by atomic mass is 16.2. The molecule has 1 fully saturated rings. The number of likely N-dealkylation sites (tertiary alicyclic amines) is 1. The first kappa shape index (κ1) is 14.7. The van der Waals surface area contributed by atoms with Crippen LogP contribution in [0.15, 0.2) is 36.7 Å². The van der Waals surface area contributed by atoms with E-state index in [4.69, 9.17) is 0 Å². The third-order valence-corrected chi connectivity index (χ3v) is 4.00. The van der Waals surface area contributed by atoms with E-state index in [1.165, 1.54) is 0 Å². The number of carbonyl (C=O) groups excluding carboxylic acids is 1. The van der Waals surface area contributed by atoms with Crippen LogP contribution in [0.4, 0.5) is 0 Å². The summed E-state index contributed by atoms with van der Waals surface area (Å²) in [5.74, 6) is 0.694. The molecule has 1 aromatic carbocycles. The molecule has 0 N–H and O–H groups in total. The lowest BCUT2D eigenvalue weighted by Gasteiger charge is -2.18. The Morgan fingerprint density at radius 2 is 2.09 bits per heavy atom. The van der Waals surface area contributed by atoms with Crippen molar-refractivity contribution in [2.24, 2.45) is 5.92 Å². The molecule has 0 aliphatic carbocycles. The summed E-state index contributed by atoms with van der Waals surface area (Å²) in [7, 11) is 4.15. The van der Waals surface area contributed by atoms with Crippen LogP contribution in [0.25, 0.3) is 5.69 Å². The first-order valence-corrected chi connectivity index (χ1v) is 7.54. The second kappa shape index (κ2) is 6.27. The van der Waals surface area contributed by atoms with Crippen LogP contribution < -0.4 is 0 Å². The second-order valence-electron chi connectivity index (χ2n) is 6.06. The monoisotopic (exact) mass is 299 g/mol. The number of carbonyl (C=O) groups is 1. The average molecular weight is 299 g/mol. The normalized spacial score (nSPS) is 18.1. The van der Waals surface area contributed by atoms with Gasteiger partial charge in [-0.2, -0.15) is 0 Å². The second-order valence-corrected chi connectivity index (χ2v) is 6.06. The quantitative estimate of drug-likeness (QED) is 0.854. The van der Waals surface area contributed by atoms with Crippen LogP contribution in [0.1, 0.15) is 16.8 Å². The number of rotatable bonds is 4. The van der Waals surface area contributed by atoms with Gasteiger partial charge in [-0.1, -0.05) is 5.21 Å². The first-order valence-electron chi connectivity index (χ1n) is 7.54. The predicted octanol–water partition coefficient (Wildman–Crippen LogP) is 1.29. The van der Waals surface area contributed by atoms with Crippen LogP contribution in [0.3, 0.4) is 0 Å². The summed E-state index contributed by atoms with van der Waals surface area (Å²) in [4.78, 5) is 16.7. The summed E-state index contributed by atoms with van der Waals surface area (Å²) in [6.07, 6.45) is 4.50. The van der Waals surface area contributed by atoms with Crippen molar-refractivity contribution in [3.8, 4) is 5.69 Å². The summed E-state index contributed by atoms with van der Waals surface area (Å²) in [6, 6.07) is 7.52. The SMILES string of the molecule is CN(C)C[C@H]1CCN(C(=O)c2ccc(-n3ccnn3)cc2)C1. The predicted molar refractivity (Wildman–Crippen MR) is 83.9 cm³/mol. The maximum absolute atomic E-state index is 12.6. The molecule has 1 aromatic heterocycles. The zero-order chi connectivity index (χ0) is 15.5. The maximum atomic E-state index is 12.6. The number of aromatic nitrogens is 3. The Balaban J connectivity index is 1.66. The lowest BCUT2D eigenvalue weighted by molar-refractivity contribution is 0.0785. The van der Waals surface area contributed by atoms with E-state index in [9.17, 15) is 4.79 Å². The molecule has 1 atom stereocenters. The molecule has 2 aromatic rings. The number of amides is 1. The summed E-state index contributed by atoms with van der Waals surface area (Å²) in [5.41, 5.74) is 1.63. The van der Waals surface area contributed by atoms with Gasteiger partial charge in [-0.05, 0) is 50.7 Å². The smallest absolute Gasteiger partial charge is 0.253 e. The van der Waals surface area contributed by atoms with E-state index < -0.39 is 0 Å². The van der Waals surface area contributed by atoms with E-state index in [1.807, 2.05) is 29.2 Å². The topological polar surface area (TPSA) is 54.3 Å².